The van der Waals surface area contributed by atoms with E-state index in [1.807, 2.05) is 6.07 Å². The zero-order valence-corrected chi connectivity index (χ0v) is 15.5. The normalized spacial score (nSPS) is 13.7. The number of likely N-dealkylation sites (tertiary alicyclic amines) is 1. The topological polar surface area (TPSA) is 94.4 Å². The molecule has 2 amide bonds. The SMILES string of the molecule is O=C(OCc1ccnc(-n2ccnc2)c1)c1ccc(CN2C(=O)CCC2=O)cc1. The summed E-state index contributed by atoms with van der Waals surface area (Å²) < 4.78 is 7.15. The molecule has 3 heterocycles. The van der Waals surface area contributed by atoms with Crippen molar-refractivity contribution < 1.29 is 19.1 Å². The van der Waals surface area contributed by atoms with Crippen LogP contribution in [0.3, 0.4) is 0 Å². The largest absolute Gasteiger partial charge is 0.457 e. The van der Waals surface area contributed by atoms with Gasteiger partial charge >= 0.3 is 5.97 Å². The first kappa shape index (κ1) is 18.5. The minimum atomic E-state index is -0.453. The lowest BCUT2D eigenvalue weighted by Crippen LogP contribution is -2.28. The molecule has 146 valence electrons. The van der Waals surface area contributed by atoms with Gasteiger partial charge in [0.1, 0.15) is 18.8 Å². The van der Waals surface area contributed by atoms with Crippen molar-refractivity contribution in [2.45, 2.75) is 26.0 Å². The number of benzene rings is 1. The summed E-state index contributed by atoms with van der Waals surface area (Å²) in [4.78, 5) is 45.2. The maximum atomic E-state index is 12.3. The number of carbonyl (C=O) groups is 3. The van der Waals surface area contributed by atoms with E-state index in [4.69, 9.17) is 4.74 Å². The monoisotopic (exact) mass is 390 g/mol. The second-order valence-corrected chi connectivity index (χ2v) is 6.64. The van der Waals surface area contributed by atoms with Gasteiger partial charge in [-0.3, -0.25) is 19.1 Å². The second kappa shape index (κ2) is 8.05. The Morgan fingerprint density at radius 3 is 2.45 bits per heavy atom. The van der Waals surface area contributed by atoms with Gasteiger partial charge in [-0.2, -0.15) is 0 Å². The number of amides is 2. The van der Waals surface area contributed by atoms with Crippen molar-refractivity contribution in [2.75, 3.05) is 0 Å². The number of pyridine rings is 1. The Balaban J connectivity index is 1.36. The van der Waals surface area contributed by atoms with Crippen molar-refractivity contribution in [2.24, 2.45) is 0 Å². The van der Waals surface area contributed by atoms with Crippen LogP contribution >= 0.6 is 0 Å². The lowest BCUT2D eigenvalue weighted by Gasteiger charge is -2.13. The van der Waals surface area contributed by atoms with Crippen LogP contribution in [0, 0.1) is 0 Å². The molecule has 0 radical (unpaired) electrons. The Hall–Kier alpha value is -3.81. The number of hydrogen-bond acceptors (Lipinski definition) is 6. The molecule has 1 aliphatic heterocycles. The second-order valence-electron chi connectivity index (χ2n) is 6.64. The smallest absolute Gasteiger partial charge is 0.338 e. The molecule has 1 saturated heterocycles. The van der Waals surface area contributed by atoms with E-state index < -0.39 is 5.97 Å². The predicted molar refractivity (Wildman–Crippen MR) is 102 cm³/mol. The zero-order valence-electron chi connectivity index (χ0n) is 15.5. The summed E-state index contributed by atoms with van der Waals surface area (Å²) in [7, 11) is 0. The van der Waals surface area contributed by atoms with Crippen LogP contribution < -0.4 is 0 Å². The molecule has 2 aromatic heterocycles. The maximum Gasteiger partial charge on any atom is 0.338 e. The van der Waals surface area contributed by atoms with Gasteiger partial charge in [0.2, 0.25) is 11.8 Å². The molecule has 8 heteroatoms. The third kappa shape index (κ3) is 4.21. The Morgan fingerprint density at radius 1 is 1.00 bits per heavy atom. The van der Waals surface area contributed by atoms with E-state index in [1.165, 1.54) is 4.90 Å². The number of esters is 1. The van der Waals surface area contributed by atoms with Gasteiger partial charge in [0.25, 0.3) is 0 Å². The number of imidazole rings is 1. The van der Waals surface area contributed by atoms with Crippen LogP contribution in [0.5, 0.6) is 0 Å². The van der Waals surface area contributed by atoms with Gasteiger partial charge in [0, 0.05) is 31.4 Å². The van der Waals surface area contributed by atoms with Gasteiger partial charge in [0.15, 0.2) is 0 Å². The molecule has 1 aromatic carbocycles. The molecule has 0 atom stereocenters. The fraction of sp³-hybridized carbons (Fsp3) is 0.190. The Bertz CT molecular complexity index is 1030. The van der Waals surface area contributed by atoms with Crippen LogP contribution in [0.2, 0.25) is 0 Å². The minimum Gasteiger partial charge on any atom is -0.457 e. The molecule has 29 heavy (non-hydrogen) atoms. The van der Waals surface area contributed by atoms with Crippen LogP contribution in [-0.4, -0.2) is 37.2 Å². The van der Waals surface area contributed by atoms with Crippen LogP contribution in [0.1, 0.15) is 34.3 Å². The maximum absolute atomic E-state index is 12.3. The quantitative estimate of drug-likeness (QED) is 0.473. The van der Waals surface area contributed by atoms with E-state index in [0.29, 0.717) is 11.4 Å². The predicted octanol–water partition coefficient (Wildman–Crippen LogP) is 2.27. The van der Waals surface area contributed by atoms with Crippen molar-refractivity contribution in [3.8, 4) is 5.82 Å². The van der Waals surface area contributed by atoms with Crippen LogP contribution in [0.4, 0.5) is 0 Å². The number of imide groups is 1. The van der Waals surface area contributed by atoms with Crippen molar-refractivity contribution >= 4 is 17.8 Å². The van der Waals surface area contributed by atoms with Crippen LogP contribution in [0.15, 0.2) is 61.3 Å². The number of aromatic nitrogens is 3. The van der Waals surface area contributed by atoms with Crippen molar-refractivity contribution in [3.05, 3.63) is 78.0 Å². The highest BCUT2D eigenvalue weighted by atomic mass is 16.5. The Kier molecular flexibility index (Phi) is 5.15. The van der Waals surface area contributed by atoms with Gasteiger partial charge in [-0.1, -0.05) is 12.1 Å². The third-order valence-electron chi connectivity index (χ3n) is 4.63. The molecule has 0 saturated carbocycles. The summed E-state index contributed by atoms with van der Waals surface area (Å²) in [5.74, 6) is -0.0888. The molecule has 0 bridgehead atoms. The Labute approximate surface area is 166 Å². The standard InChI is InChI=1S/C21H18N4O4/c26-19-5-6-20(27)25(19)12-15-1-3-17(4-2-15)21(28)29-13-16-7-8-23-18(11-16)24-10-9-22-14-24/h1-4,7-11,14H,5-6,12-13H2. The molecule has 3 aromatic rings. The van der Waals surface area contributed by atoms with E-state index in [2.05, 4.69) is 9.97 Å². The molecule has 0 unspecified atom stereocenters. The molecule has 1 aliphatic rings. The molecule has 4 rings (SSSR count). The zero-order chi connectivity index (χ0) is 20.2. The fourth-order valence-electron chi connectivity index (χ4n) is 3.05. The Morgan fingerprint density at radius 2 is 1.76 bits per heavy atom. The summed E-state index contributed by atoms with van der Waals surface area (Å²) in [5, 5.41) is 0. The first-order chi connectivity index (χ1) is 14.1. The number of nitrogens with zero attached hydrogens (tertiary/aromatic N) is 4. The summed E-state index contributed by atoms with van der Waals surface area (Å²) >= 11 is 0. The van der Waals surface area contributed by atoms with Gasteiger partial charge in [-0.15, -0.1) is 0 Å². The first-order valence-corrected chi connectivity index (χ1v) is 9.13. The number of carbonyl (C=O) groups excluding carboxylic acids is 3. The minimum absolute atomic E-state index is 0.113. The highest BCUT2D eigenvalue weighted by Crippen LogP contribution is 2.17. The van der Waals surface area contributed by atoms with Crippen molar-refractivity contribution in [3.63, 3.8) is 0 Å². The third-order valence-corrected chi connectivity index (χ3v) is 4.63. The summed E-state index contributed by atoms with van der Waals surface area (Å²) in [5.41, 5.74) is 1.99. The average molecular weight is 390 g/mol. The number of rotatable bonds is 6. The molecular formula is C21H18N4O4. The van der Waals surface area contributed by atoms with Gasteiger partial charge in [0.05, 0.1) is 12.1 Å². The lowest BCUT2D eigenvalue weighted by atomic mass is 10.1. The molecule has 1 fully saturated rings. The van der Waals surface area contributed by atoms with E-state index in [-0.39, 0.29) is 37.8 Å². The average Bonchev–Trinajstić information content (AvgIpc) is 3.39. The van der Waals surface area contributed by atoms with Gasteiger partial charge in [-0.25, -0.2) is 14.8 Å². The summed E-state index contributed by atoms with van der Waals surface area (Å²) in [6.07, 6.45) is 7.26. The molecule has 0 aliphatic carbocycles. The van der Waals surface area contributed by atoms with Crippen LogP contribution in [-0.2, 0) is 27.5 Å². The van der Waals surface area contributed by atoms with E-state index in [1.54, 1.807) is 59.8 Å². The van der Waals surface area contributed by atoms with Crippen LogP contribution in [0.25, 0.3) is 5.82 Å². The molecule has 8 nitrogen and oxygen atoms in total. The summed E-state index contributed by atoms with van der Waals surface area (Å²) in [6, 6.07) is 10.3. The van der Waals surface area contributed by atoms with Crippen molar-refractivity contribution in [1.82, 2.24) is 19.4 Å². The van der Waals surface area contributed by atoms with Gasteiger partial charge < -0.3 is 4.74 Å². The molecule has 0 N–H and O–H groups in total. The highest BCUT2D eigenvalue weighted by molar-refractivity contribution is 6.01. The van der Waals surface area contributed by atoms with E-state index in [0.717, 1.165) is 11.1 Å². The number of ether oxygens (including phenoxy) is 1. The van der Waals surface area contributed by atoms with Crippen molar-refractivity contribution in [1.29, 1.82) is 0 Å². The van der Waals surface area contributed by atoms with E-state index >= 15 is 0 Å². The lowest BCUT2D eigenvalue weighted by molar-refractivity contribution is -0.139. The van der Waals surface area contributed by atoms with Gasteiger partial charge in [-0.05, 0) is 35.4 Å². The number of hydrogen-bond donors (Lipinski definition) is 0. The molecular weight excluding hydrogens is 372 g/mol. The fourth-order valence-corrected chi connectivity index (χ4v) is 3.05. The van der Waals surface area contributed by atoms with E-state index in [9.17, 15) is 14.4 Å². The first-order valence-electron chi connectivity index (χ1n) is 9.13. The highest BCUT2D eigenvalue weighted by Gasteiger charge is 2.28. The molecule has 0 spiro atoms. The summed E-state index contributed by atoms with van der Waals surface area (Å²) in [6.45, 7) is 0.336.